The summed E-state index contributed by atoms with van der Waals surface area (Å²) in [4.78, 5) is 15.7. The summed E-state index contributed by atoms with van der Waals surface area (Å²) in [5.74, 6) is 0. The van der Waals surface area contributed by atoms with Crippen LogP contribution in [0.5, 0.6) is 0 Å². The number of H-pyrrole nitrogens is 1. The number of benzene rings is 1. The number of aromatic nitrogens is 1. The zero-order chi connectivity index (χ0) is 16.7. The van der Waals surface area contributed by atoms with Crippen LogP contribution in [-0.4, -0.2) is 35.3 Å². The summed E-state index contributed by atoms with van der Waals surface area (Å²) in [5.41, 5.74) is 5.06. The number of aromatic amines is 1. The van der Waals surface area contributed by atoms with Gasteiger partial charge in [0.15, 0.2) is 0 Å². The van der Waals surface area contributed by atoms with Gasteiger partial charge in [0.1, 0.15) is 0 Å². The topological polar surface area (TPSA) is 77.2 Å². The van der Waals surface area contributed by atoms with Gasteiger partial charge >= 0.3 is 6.03 Å². The molecule has 0 aliphatic heterocycles. The minimum absolute atomic E-state index is 0.0502. The molecule has 1 unspecified atom stereocenters. The number of urea groups is 1. The molecule has 2 aliphatic carbocycles. The summed E-state index contributed by atoms with van der Waals surface area (Å²) in [6.45, 7) is 2.84. The van der Waals surface area contributed by atoms with Crippen LogP contribution < -0.4 is 10.6 Å². The van der Waals surface area contributed by atoms with Gasteiger partial charge < -0.3 is 20.7 Å². The van der Waals surface area contributed by atoms with E-state index in [0.29, 0.717) is 6.54 Å². The van der Waals surface area contributed by atoms with Crippen LogP contribution in [0, 0.1) is 12.3 Å². The SMILES string of the molecule is Cc1ccc2[nH]c3c(c2c1)CC(NC(=O)NCC1(CO)CC1)CC3. The molecule has 0 radical (unpaired) electrons. The molecule has 1 heterocycles. The van der Waals surface area contributed by atoms with Crippen LogP contribution in [0.15, 0.2) is 18.2 Å². The molecule has 2 amide bonds. The minimum Gasteiger partial charge on any atom is -0.396 e. The summed E-state index contributed by atoms with van der Waals surface area (Å²) in [5, 5.41) is 16.6. The van der Waals surface area contributed by atoms with Crippen molar-refractivity contribution in [2.24, 2.45) is 5.41 Å². The van der Waals surface area contributed by atoms with Gasteiger partial charge in [-0.1, -0.05) is 11.6 Å². The third kappa shape index (κ3) is 2.88. The Kier molecular flexibility index (Phi) is 3.76. The number of hydrogen-bond acceptors (Lipinski definition) is 2. The van der Waals surface area contributed by atoms with Gasteiger partial charge in [-0.2, -0.15) is 0 Å². The lowest BCUT2D eigenvalue weighted by Gasteiger charge is -2.24. The van der Waals surface area contributed by atoms with Crippen molar-refractivity contribution in [2.45, 2.75) is 45.1 Å². The molecule has 1 aromatic heterocycles. The van der Waals surface area contributed by atoms with E-state index >= 15 is 0 Å². The van der Waals surface area contributed by atoms with Crippen molar-refractivity contribution in [3.05, 3.63) is 35.0 Å². The summed E-state index contributed by atoms with van der Waals surface area (Å²) in [6, 6.07) is 6.55. The van der Waals surface area contributed by atoms with Gasteiger partial charge in [-0.3, -0.25) is 0 Å². The first-order valence-corrected chi connectivity index (χ1v) is 8.84. The Balaban J connectivity index is 1.41. The normalized spacial score (nSPS) is 21.3. The molecular formula is C19H25N3O2. The van der Waals surface area contributed by atoms with Gasteiger partial charge in [-0.15, -0.1) is 0 Å². The quantitative estimate of drug-likeness (QED) is 0.696. The van der Waals surface area contributed by atoms with Gasteiger partial charge in [0, 0.05) is 34.6 Å². The summed E-state index contributed by atoms with van der Waals surface area (Å²) < 4.78 is 0. The molecule has 1 saturated carbocycles. The highest BCUT2D eigenvalue weighted by atomic mass is 16.3. The molecule has 5 nitrogen and oxygen atoms in total. The summed E-state index contributed by atoms with van der Waals surface area (Å²) in [7, 11) is 0. The van der Waals surface area contributed by atoms with Crippen molar-refractivity contribution in [2.75, 3.05) is 13.2 Å². The largest absolute Gasteiger partial charge is 0.396 e. The first kappa shape index (κ1) is 15.5. The predicted octanol–water partition coefficient (Wildman–Crippen LogP) is 2.41. The molecule has 4 rings (SSSR count). The average molecular weight is 327 g/mol. The van der Waals surface area contributed by atoms with Crippen LogP contribution in [0.4, 0.5) is 4.79 Å². The standard InChI is InChI=1S/C19H25N3O2/c1-12-2-4-16-14(8-12)15-9-13(3-5-17(15)22-16)21-18(24)20-10-19(11-23)6-7-19/h2,4,8,13,22-23H,3,5-7,9-11H2,1H3,(H2,20,21,24). The van der Waals surface area contributed by atoms with E-state index in [0.717, 1.165) is 32.1 Å². The van der Waals surface area contributed by atoms with E-state index in [2.05, 4.69) is 40.7 Å². The smallest absolute Gasteiger partial charge is 0.315 e. The molecule has 1 aromatic carbocycles. The Hall–Kier alpha value is -2.01. The lowest BCUT2D eigenvalue weighted by Crippen LogP contribution is -2.46. The molecule has 0 saturated heterocycles. The number of hydrogen-bond donors (Lipinski definition) is 4. The van der Waals surface area contributed by atoms with Crippen molar-refractivity contribution < 1.29 is 9.90 Å². The molecule has 5 heteroatoms. The lowest BCUT2D eigenvalue weighted by molar-refractivity contribution is 0.201. The first-order valence-electron chi connectivity index (χ1n) is 8.84. The van der Waals surface area contributed by atoms with Crippen LogP contribution in [-0.2, 0) is 12.8 Å². The van der Waals surface area contributed by atoms with E-state index in [4.69, 9.17) is 0 Å². The fourth-order valence-corrected chi connectivity index (χ4v) is 3.73. The zero-order valence-corrected chi connectivity index (χ0v) is 14.1. The molecule has 2 aliphatic rings. The van der Waals surface area contributed by atoms with Crippen molar-refractivity contribution >= 4 is 16.9 Å². The maximum absolute atomic E-state index is 12.2. The molecule has 1 fully saturated rings. The first-order chi connectivity index (χ1) is 11.6. The average Bonchev–Trinajstić information content (AvgIpc) is 3.28. The number of amides is 2. The van der Waals surface area contributed by atoms with Gasteiger partial charge in [-0.25, -0.2) is 4.79 Å². The van der Waals surface area contributed by atoms with E-state index in [1.54, 1.807) is 0 Å². The number of carbonyl (C=O) groups is 1. The van der Waals surface area contributed by atoms with E-state index in [-0.39, 0.29) is 24.1 Å². The number of carbonyl (C=O) groups excluding carboxylic acids is 1. The Morgan fingerprint density at radius 2 is 2.25 bits per heavy atom. The second-order valence-electron chi connectivity index (χ2n) is 7.56. The Labute approximate surface area is 141 Å². The van der Waals surface area contributed by atoms with Crippen LogP contribution in [0.2, 0.25) is 0 Å². The Morgan fingerprint density at radius 1 is 1.42 bits per heavy atom. The zero-order valence-electron chi connectivity index (χ0n) is 14.1. The van der Waals surface area contributed by atoms with E-state index < -0.39 is 0 Å². The third-order valence-electron chi connectivity index (χ3n) is 5.60. The Morgan fingerprint density at radius 3 is 3.00 bits per heavy atom. The van der Waals surface area contributed by atoms with Gasteiger partial charge in [0.2, 0.25) is 0 Å². The fourth-order valence-electron chi connectivity index (χ4n) is 3.73. The number of aryl methyl sites for hydroxylation is 2. The van der Waals surface area contributed by atoms with Gasteiger partial charge in [0.05, 0.1) is 6.61 Å². The van der Waals surface area contributed by atoms with Crippen molar-refractivity contribution in [3.63, 3.8) is 0 Å². The Bertz CT molecular complexity index is 776. The van der Waals surface area contributed by atoms with Crippen LogP contribution in [0.1, 0.15) is 36.1 Å². The fraction of sp³-hybridized carbons (Fsp3) is 0.526. The number of aliphatic hydroxyl groups is 1. The number of fused-ring (bicyclic) bond motifs is 3. The van der Waals surface area contributed by atoms with Crippen molar-refractivity contribution in [1.82, 2.24) is 15.6 Å². The summed E-state index contributed by atoms with van der Waals surface area (Å²) in [6.07, 6.45) is 4.81. The number of aliphatic hydroxyl groups excluding tert-OH is 1. The van der Waals surface area contributed by atoms with E-state index in [9.17, 15) is 9.90 Å². The number of rotatable bonds is 4. The van der Waals surface area contributed by atoms with Crippen LogP contribution >= 0.6 is 0 Å². The second kappa shape index (κ2) is 5.81. The van der Waals surface area contributed by atoms with Gasteiger partial charge in [0.25, 0.3) is 0 Å². The highest BCUT2D eigenvalue weighted by molar-refractivity contribution is 5.86. The van der Waals surface area contributed by atoms with Gasteiger partial charge in [-0.05, 0) is 56.7 Å². The van der Waals surface area contributed by atoms with Crippen molar-refractivity contribution in [1.29, 1.82) is 0 Å². The highest BCUT2D eigenvalue weighted by Gasteiger charge is 2.42. The second-order valence-corrected chi connectivity index (χ2v) is 7.56. The van der Waals surface area contributed by atoms with E-state index in [1.165, 1.54) is 27.7 Å². The molecule has 128 valence electrons. The van der Waals surface area contributed by atoms with Crippen molar-refractivity contribution in [3.8, 4) is 0 Å². The highest BCUT2D eigenvalue weighted by Crippen LogP contribution is 2.44. The van der Waals surface area contributed by atoms with Crippen LogP contribution in [0.25, 0.3) is 10.9 Å². The monoisotopic (exact) mass is 327 g/mol. The number of nitrogens with one attached hydrogen (secondary N) is 3. The molecule has 0 bridgehead atoms. The maximum Gasteiger partial charge on any atom is 0.315 e. The molecule has 24 heavy (non-hydrogen) atoms. The molecule has 2 aromatic rings. The maximum atomic E-state index is 12.2. The lowest BCUT2D eigenvalue weighted by atomic mass is 9.91. The molecule has 0 spiro atoms. The predicted molar refractivity (Wildman–Crippen MR) is 94.1 cm³/mol. The van der Waals surface area contributed by atoms with Crippen LogP contribution in [0.3, 0.4) is 0 Å². The molecule has 4 N–H and O–H groups in total. The van der Waals surface area contributed by atoms with E-state index in [1.807, 2.05) is 0 Å². The summed E-state index contributed by atoms with van der Waals surface area (Å²) >= 11 is 0. The molecular weight excluding hydrogens is 302 g/mol. The minimum atomic E-state index is -0.112. The third-order valence-corrected chi connectivity index (χ3v) is 5.60. The molecule has 1 atom stereocenters.